The second-order valence-electron chi connectivity index (χ2n) is 6.46. The van der Waals surface area contributed by atoms with Crippen LogP contribution in [0.4, 0.5) is 0 Å². The van der Waals surface area contributed by atoms with Crippen LogP contribution in [0.15, 0.2) is 29.4 Å². The van der Waals surface area contributed by atoms with E-state index in [-0.39, 0.29) is 18.5 Å². The van der Waals surface area contributed by atoms with Gasteiger partial charge in [-0.2, -0.15) is 0 Å². The number of amides is 1. The highest BCUT2D eigenvalue weighted by Gasteiger charge is 2.25. The Morgan fingerprint density at radius 2 is 1.84 bits per heavy atom. The van der Waals surface area contributed by atoms with Gasteiger partial charge in [-0.1, -0.05) is 17.8 Å². The van der Waals surface area contributed by atoms with Crippen molar-refractivity contribution in [1.29, 1.82) is 0 Å². The van der Waals surface area contributed by atoms with Crippen LogP contribution in [0.1, 0.15) is 30.8 Å². The van der Waals surface area contributed by atoms with Gasteiger partial charge in [0.2, 0.25) is 12.7 Å². The molecule has 0 radical (unpaired) electrons. The normalized spacial score (nSPS) is 13.0. The van der Waals surface area contributed by atoms with E-state index >= 15 is 0 Å². The van der Waals surface area contributed by atoms with Crippen molar-refractivity contribution >= 4 is 17.7 Å². The predicted octanol–water partition coefficient (Wildman–Crippen LogP) is 2.97. The Bertz CT molecular complexity index is 788. The molecule has 0 spiro atoms. The Hall–Kier alpha value is -2.28. The van der Waals surface area contributed by atoms with Crippen LogP contribution in [0.25, 0.3) is 0 Å². The molecule has 7 heteroatoms. The third-order valence-electron chi connectivity index (χ3n) is 3.84. The fraction of sp³-hybridized carbons (Fsp3) is 0.389. The van der Waals surface area contributed by atoms with E-state index in [2.05, 4.69) is 15.3 Å². The second-order valence-corrected chi connectivity index (χ2v) is 7.41. The van der Waals surface area contributed by atoms with Crippen LogP contribution in [0, 0.1) is 13.8 Å². The standard InChI is InChI=1S/C18H21N3O3S/c1-11-7-12(2)20-17(19-11)25-9-16(22)21-18(3,4)13-5-6-14-15(8-13)24-10-23-14/h5-8H,9-10H2,1-4H3,(H,21,22). The summed E-state index contributed by atoms with van der Waals surface area (Å²) in [7, 11) is 0. The number of fused-ring (bicyclic) bond motifs is 1. The first-order valence-corrected chi connectivity index (χ1v) is 8.98. The van der Waals surface area contributed by atoms with Gasteiger partial charge in [-0.05, 0) is 51.5 Å². The summed E-state index contributed by atoms with van der Waals surface area (Å²) in [6, 6.07) is 7.62. The lowest BCUT2D eigenvalue weighted by Crippen LogP contribution is -2.41. The van der Waals surface area contributed by atoms with Crippen molar-refractivity contribution in [3.05, 3.63) is 41.2 Å². The molecule has 25 heavy (non-hydrogen) atoms. The van der Waals surface area contributed by atoms with Gasteiger partial charge < -0.3 is 14.8 Å². The molecular weight excluding hydrogens is 338 g/mol. The minimum atomic E-state index is -0.526. The zero-order chi connectivity index (χ0) is 18.0. The number of nitrogens with one attached hydrogen (secondary N) is 1. The molecule has 0 aliphatic carbocycles. The fourth-order valence-electron chi connectivity index (χ4n) is 2.63. The Morgan fingerprint density at radius 1 is 1.16 bits per heavy atom. The van der Waals surface area contributed by atoms with E-state index in [9.17, 15) is 4.79 Å². The van der Waals surface area contributed by atoms with E-state index in [1.807, 2.05) is 52.0 Å². The molecule has 1 N–H and O–H groups in total. The molecule has 3 rings (SSSR count). The van der Waals surface area contributed by atoms with Gasteiger partial charge in [-0.3, -0.25) is 4.79 Å². The van der Waals surface area contributed by atoms with E-state index in [1.54, 1.807) is 0 Å². The predicted molar refractivity (Wildman–Crippen MR) is 96.0 cm³/mol. The van der Waals surface area contributed by atoms with Gasteiger partial charge >= 0.3 is 0 Å². The van der Waals surface area contributed by atoms with Crippen LogP contribution >= 0.6 is 11.8 Å². The van der Waals surface area contributed by atoms with Crippen LogP contribution in [-0.4, -0.2) is 28.4 Å². The summed E-state index contributed by atoms with van der Waals surface area (Å²) in [5, 5.41) is 3.67. The van der Waals surface area contributed by atoms with Crippen molar-refractivity contribution in [2.45, 2.75) is 38.4 Å². The molecule has 2 heterocycles. The van der Waals surface area contributed by atoms with Gasteiger partial charge in [0.15, 0.2) is 16.7 Å². The largest absolute Gasteiger partial charge is 0.454 e. The van der Waals surface area contributed by atoms with E-state index in [1.165, 1.54) is 11.8 Å². The summed E-state index contributed by atoms with van der Waals surface area (Å²) in [5.74, 6) is 1.62. The number of hydrogen-bond donors (Lipinski definition) is 1. The Labute approximate surface area is 151 Å². The number of thioether (sulfide) groups is 1. The summed E-state index contributed by atoms with van der Waals surface area (Å²) in [5.41, 5.74) is 2.23. The number of aromatic nitrogens is 2. The van der Waals surface area contributed by atoms with E-state index in [0.717, 1.165) is 22.7 Å². The fourth-order valence-corrected chi connectivity index (χ4v) is 3.38. The third-order valence-corrected chi connectivity index (χ3v) is 4.69. The van der Waals surface area contributed by atoms with Crippen LogP contribution in [-0.2, 0) is 10.3 Å². The Balaban J connectivity index is 1.63. The maximum atomic E-state index is 12.4. The number of hydrogen-bond acceptors (Lipinski definition) is 6. The van der Waals surface area contributed by atoms with Crippen LogP contribution in [0.3, 0.4) is 0 Å². The smallest absolute Gasteiger partial charge is 0.231 e. The first-order valence-electron chi connectivity index (χ1n) is 8.00. The minimum Gasteiger partial charge on any atom is -0.454 e. The number of aryl methyl sites for hydroxylation is 2. The van der Waals surface area contributed by atoms with E-state index < -0.39 is 5.54 Å². The van der Waals surface area contributed by atoms with Gasteiger partial charge in [0.1, 0.15) is 0 Å². The van der Waals surface area contributed by atoms with Crippen molar-refractivity contribution in [3.8, 4) is 11.5 Å². The van der Waals surface area contributed by atoms with Crippen molar-refractivity contribution in [1.82, 2.24) is 15.3 Å². The Morgan fingerprint density at radius 3 is 2.56 bits per heavy atom. The van der Waals surface area contributed by atoms with Gasteiger partial charge in [-0.15, -0.1) is 0 Å². The minimum absolute atomic E-state index is 0.0737. The maximum absolute atomic E-state index is 12.4. The quantitative estimate of drug-likeness (QED) is 0.654. The van der Waals surface area contributed by atoms with Crippen molar-refractivity contribution in [2.75, 3.05) is 12.5 Å². The highest BCUT2D eigenvalue weighted by molar-refractivity contribution is 7.99. The zero-order valence-electron chi connectivity index (χ0n) is 14.8. The SMILES string of the molecule is Cc1cc(C)nc(SCC(=O)NC(C)(C)c2ccc3c(c2)OCO3)n1. The van der Waals surface area contributed by atoms with Crippen molar-refractivity contribution < 1.29 is 14.3 Å². The number of nitrogens with zero attached hydrogens (tertiary/aromatic N) is 2. The van der Waals surface area contributed by atoms with E-state index in [4.69, 9.17) is 9.47 Å². The summed E-state index contributed by atoms with van der Waals surface area (Å²) in [6.07, 6.45) is 0. The average molecular weight is 359 g/mol. The maximum Gasteiger partial charge on any atom is 0.231 e. The number of benzene rings is 1. The lowest BCUT2D eigenvalue weighted by Gasteiger charge is -2.27. The monoisotopic (exact) mass is 359 g/mol. The molecule has 0 bridgehead atoms. The van der Waals surface area contributed by atoms with Gasteiger partial charge in [0, 0.05) is 11.4 Å². The topological polar surface area (TPSA) is 73.3 Å². The van der Waals surface area contributed by atoms with Gasteiger partial charge in [-0.25, -0.2) is 9.97 Å². The lowest BCUT2D eigenvalue weighted by atomic mass is 9.94. The molecule has 132 valence electrons. The molecule has 6 nitrogen and oxygen atoms in total. The first-order chi connectivity index (χ1) is 11.8. The van der Waals surface area contributed by atoms with Crippen LogP contribution < -0.4 is 14.8 Å². The molecule has 0 saturated carbocycles. The highest BCUT2D eigenvalue weighted by atomic mass is 32.2. The van der Waals surface area contributed by atoms with Crippen LogP contribution in [0.2, 0.25) is 0 Å². The summed E-state index contributed by atoms with van der Waals surface area (Å²) in [6.45, 7) is 7.99. The molecule has 0 saturated heterocycles. The number of ether oxygens (including phenoxy) is 2. The van der Waals surface area contributed by atoms with Crippen molar-refractivity contribution in [2.24, 2.45) is 0 Å². The molecule has 1 amide bonds. The molecule has 0 unspecified atom stereocenters. The average Bonchev–Trinajstić information content (AvgIpc) is 2.99. The zero-order valence-corrected chi connectivity index (χ0v) is 15.6. The summed E-state index contributed by atoms with van der Waals surface area (Å²) in [4.78, 5) is 21.0. The molecule has 0 atom stereocenters. The second kappa shape index (κ2) is 6.92. The molecule has 1 aliphatic heterocycles. The van der Waals surface area contributed by atoms with E-state index in [0.29, 0.717) is 10.9 Å². The van der Waals surface area contributed by atoms with Gasteiger partial charge in [0.25, 0.3) is 0 Å². The number of rotatable bonds is 5. The third kappa shape index (κ3) is 4.22. The van der Waals surface area contributed by atoms with Crippen LogP contribution in [0.5, 0.6) is 11.5 Å². The molecular formula is C18H21N3O3S. The molecule has 1 aliphatic rings. The highest BCUT2D eigenvalue weighted by Crippen LogP contribution is 2.35. The molecule has 2 aromatic rings. The molecule has 0 fully saturated rings. The summed E-state index contributed by atoms with van der Waals surface area (Å²) >= 11 is 1.33. The van der Waals surface area contributed by atoms with Gasteiger partial charge in [0.05, 0.1) is 11.3 Å². The Kier molecular flexibility index (Phi) is 4.85. The first kappa shape index (κ1) is 17.5. The van der Waals surface area contributed by atoms with Crippen molar-refractivity contribution in [3.63, 3.8) is 0 Å². The summed E-state index contributed by atoms with van der Waals surface area (Å²) < 4.78 is 10.7. The molecule has 1 aromatic heterocycles. The lowest BCUT2D eigenvalue weighted by molar-refractivity contribution is -0.120. The number of carbonyl (C=O) groups is 1. The number of carbonyl (C=O) groups excluding carboxylic acids is 1. The molecule has 1 aromatic carbocycles.